The molecule has 0 unspecified atom stereocenters. The van der Waals surface area contributed by atoms with E-state index in [9.17, 15) is 8.42 Å². The Morgan fingerprint density at radius 3 is 2.67 bits per heavy atom. The van der Waals surface area contributed by atoms with E-state index >= 15 is 0 Å². The summed E-state index contributed by atoms with van der Waals surface area (Å²) in [4.78, 5) is 1.05. The van der Waals surface area contributed by atoms with Crippen LogP contribution in [0.3, 0.4) is 0 Å². The first-order valence-electron chi connectivity index (χ1n) is 6.27. The Morgan fingerprint density at radius 1 is 1.39 bits per heavy atom. The predicted octanol–water partition coefficient (Wildman–Crippen LogP) is 2.03. The van der Waals surface area contributed by atoms with E-state index in [0.29, 0.717) is 10.8 Å². The molecule has 6 heteroatoms. The summed E-state index contributed by atoms with van der Waals surface area (Å²) >= 11 is 1.36. The second kappa shape index (κ2) is 5.69. The molecule has 0 spiro atoms. The molecule has 1 heterocycles. The van der Waals surface area contributed by atoms with E-state index in [1.807, 2.05) is 13.1 Å². The van der Waals surface area contributed by atoms with E-state index in [1.54, 1.807) is 17.4 Å². The van der Waals surface area contributed by atoms with Gasteiger partial charge < -0.3 is 5.32 Å². The first-order valence-corrected chi connectivity index (χ1v) is 8.52. The Hall–Kier alpha value is -0.430. The van der Waals surface area contributed by atoms with Crippen LogP contribution >= 0.6 is 11.3 Å². The van der Waals surface area contributed by atoms with E-state index in [2.05, 4.69) is 5.32 Å². The van der Waals surface area contributed by atoms with E-state index in [0.717, 1.165) is 30.6 Å². The fourth-order valence-corrected chi connectivity index (χ4v) is 5.34. The second-order valence-electron chi connectivity index (χ2n) is 4.71. The third-order valence-corrected chi connectivity index (χ3v) is 6.92. The number of sulfonamides is 1. The normalized spacial score (nSPS) is 17.7. The molecule has 0 saturated heterocycles. The van der Waals surface area contributed by atoms with Crippen molar-refractivity contribution in [3.8, 4) is 0 Å². The van der Waals surface area contributed by atoms with Gasteiger partial charge in [0.15, 0.2) is 0 Å². The van der Waals surface area contributed by atoms with Crippen LogP contribution in [0, 0.1) is 0 Å². The van der Waals surface area contributed by atoms with Gasteiger partial charge >= 0.3 is 0 Å². The van der Waals surface area contributed by atoms with Gasteiger partial charge in [0.25, 0.3) is 10.0 Å². The zero-order valence-electron chi connectivity index (χ0n) is 10.8. The van der Waals surface area contributed by atoms with Gasteiger partial charge in [0.1, 0.15) is 4.21 Å². The highest BCUT2D eigenvalue weighted by molar-refractivity contribution is 7.91. The molecule has 18 heavy (non-hydrogen) atoms. The minimum atomic E-state index is -3.30. The van der Waals surface area contributed by atoms with Crippen LogP contribution in [0.4, 0.5) is 0 Å². The second-order valence-corrected chi connectivity index (χ2v) is 8.10. The summed E-state index contributed by atoms with van der Waals surface area (Å²) in [5, 5.41) is 3.04. The molecule has 1 fully saturated rings. The standard InChI is InChI=1S/C12H20N2O2S2/c1-13-9-11-7-8-12(17-11)18(15,16)14(2)10-5-3-4-6-10/h7-8,10,13H,3-6,9H2,1-2H3. The highest BCUT2D eigenvalue weighted by Crippen LogP contribution is 2.30. The summed E-state index contributed by atoms with van der Waals surface area (Å²) in [7, 11) is 0.275. The minimum Gasteiger partial charge on any atom is -0.315 e. The molecular weight excluding hydrogens is 268 g/mol. The molecule has 0 aromatic carbocycles. The Morgan fingerprint density at radius 2 is 2.06 bits per heavy atom. The summed E-state index contributed by atoms with van der Waals surface area (Å²) < 4.78 is 26.9. The van der Waals surface area contributed by atoms with Crippen molar-refractivity contribution in [2.45, 2.75) is 42.5 Å². The van der Waals surface area contributed by atoms with Crippen molar-refractivity contribution in [3.63, 3.8) is 0 Å². The summed E-state index contributed by atoms with van der Waals surface area (Å²) in [6, 6.07) is 3.79. The first-order chi connectivity index (χ1) is 8.55. The van der Waals surface area contributed by atoms with Crippen molar-refractivity contribution < 1.29 is 8.42 Å². The van der Waals surface area contributed by atoms with Crippen LogP contribution in [0.25, 0.3) is 0 Å². The molecule has 1 aliphatic rings. The van der Waals surface area contributed by atoms with E-state index in [-0.39, 0.29) is 6.04 Å². The van der Waals surface area contributed by atoms with E-state index in [1.165, 1.54) is 11.3 Å². The van der Waals surface area contributed by atoms with Crippen molar-refractivity contribution in [2.75, 3.05) is 14.1 Å². The van der Waals surface area contributed by atoms with Crippen molar-refractivity contribution in [1.82, 2.24) is 9.62 Å². The van der Waals surface area contributed by atoms with Crippen molar-refractivity contribution >= 4 is 21.4 Å². The lowest BCUT2D eigenvalue weighted by Gasteiger charge is -2.22. The molecule has 1 saturated carbocycles. The van der Waals surface area contributed by atoms with Gasteiger partial charge in [-0.05, 0) is 32.0 Å². The summed E-state index contributed by atoms with van der Waals surface area (Å²) in [5.41, 5.74) is 0. The molecule has 0 atom stereocenters. The maximum Gasteiger partial charge on any atom is 0.252 e. The van der Waals surface area contributed by atoms with Gasteiger partial charge in [-0.15, -0.1) is 11.3 Å². The highest BCUT2D eigenvalue weighted by Gasteiger charge is 2.30. The minimum absolute atomic E-state index is 0.185. The van der Waals surface area contributed by atoms with Gasteiger partial charge in [-0.2, -0.15) is 4.31 Å². The lowest BCUT2D eigenvalue weighted by atomic mass is 10.3. The maximum absolute atomic E-state index is 12.5. The molecule has 0 aliphatic heterocycles. The third-order valence-electron chi connectivity index (χ3n) is 3.46. The highest BCUT2D eigenvalue weighted by atomic mass is 32.2. The SMILES string of the molecule is CNCc1ccc(S(=O)(=O)N(C)C2CCCC2)s1. The lowest BCUT2D eigenvalue weighted by Crippen LogP contribution is -2.34. The lowest BCUT2D eigenvalue weighted by molar-refractivity contribution is 0.374. The van der Waals surface area contributed by atoms with Gasteiger partial charge in [0, 0.05) is 24.5 Å². The molecule has 1 N–H and O–H groups in total. The van der Waals surface area contributed by atoms with Crippen LogP contribution in [-0.2, 0) is 16.6 Å². The first kappa shape index (κ1) is 14.0. The zero-order valence-corrected chi connectivity index (χ0v) is 12.5. The van der Waals surface area contributed by atoms with Crippen LogP contribution in [-0.4, -0.2) is 32.9 Å². The number of hydrogen-bond donors (Lipinski definition) is 1. The fraction of sp³-hybridized carbons (Fsp3) is 0.667. The maximum atomic E-state index is 12.5. The number of nitrogens with zero attached hydrogens (tertiary/aromatic N) is 1. The Balaban J connectivity index is 2.18. The van der Waals surface area contributed by atoms with Gasteiger partial charge in [0.2, 0.25) is 0 Å². The molecule has 1 aliphatic carbocycles. The fourth-order valence-electron chi connectivity index (χ4n) is 2.37. The van der Waals surface area contributed by atoms with Gasteiger partial charge in [-0.3, -0.25) is 0 Å². The smallest absolute Gasteiger partial charge is 0.252 e. The van der Waals surface area contributed by atoms with Crippen LogP contribution in [0.1, 0.15) is 30.6 Å². The Labute approximate surface area is 113 Å². The number of nitrogens with one attached hydrogen (secondary N) is 1. The molecule has 0 radical (unpaired) electrons. The van der Waals surface area contributed by atoms with Gasteiger partial charge in [-0.1, -0.05) is 12.8 Å². The number of rotatable bonds is 5. The molecule has 1 aromatic heterocycles. The van der Waals surface area contributed by atoms with E-state index < -0.39 is 10.0 Å². The monoisotopic (exact) mass is 288 g/mol. The van der Waals surface area contributed by atoms with Crippen molar-refractivity contribution in [3.05, 3.63) is 17.0 Å². The third kappa shape index (κ3) is 2.77. The summed E-state index contributed by atoms with van der Waals surface area (Å²) in [6.45, 7) is 0.716. The van der Waals surface area contributed by atoms with Gasteiger partial charge in [-0.25, -0.2) is 8.42 Å². The molecule has 102 valence electrons. The molecule has 2 rings (SSSR count). The average Bonchev–Trinajstić information content (AvgIpc) is 2.99. The molecule has 0 bridgehead atoms. The van der Waals surface area contributed by atoms with Crippen molar-refractivity contribution in [2.24, 2.45) is 0 Å². The average molecular weight is 288 g/mol. The Kier molecular flexibility index (Phi) is 4.42. The molecule has 0 amide bonds. The molecule has 4 nitrogen and oxygen atoms in total. The van der Waals surface area contributed by atoms with Gasteiger partial charge in [0.05, 0.1) is 0 Å². The van der Waals surface area contributed by atoms with Crippen LogP contribution in [0.5, 0.6) is 0 Å². The van der Waals surface area contributed by atoms with Crippen LogP contribution in [0.2, 0.25) is 0 Å². The number of hydrogen-bond acceptors (Lipinski definition) is 4. The Bertz CT molecular complexity index is 490. The quantitative estimate of drug-likeness (QED) is 0.902. The van der Waals surface area contributed by atoms with Crippen molar-refractivity contribution in [1.29, 1.82) is 0 Å². The van der Waals surface area contributed by atoms with Crippen LogP contribution in [0.15, 0.2) is 16.3 Å². The number of thiophene rings is 1. The molecular formula is C12H20N2O2S2. The molecule has 1 aromatic rings. The van der Waals surface area contributed by atoms with Crippen LogP contribution < -0.4 is 5.32 Å². The zero-order chi connectivity index (χ0) is 13.2. The van der Waals surface area contributed by atoms with E-state index in [4.69, 9.17) is 0 Å². The summed E-state index contributed by atoms with van der Waals surface area (Å²) in [6.07, 6.45) is 4.26. The largest absolute Gasteiger partial charge is 0.315 e. The summed E-state index contributed by atoms with van der Waals surface area (Å²) in [5.74, 6) is 0. The predicted molar refractivity (Wildman–Crippen MR) is 74.3 cm³/mol. The topological polar surface area (TPSA) is 49.4 Å².